The second-order valence-electron chi connectivity index (χ2n) is 4.67. The number of rotatable bonds is 5. The van der Waals surface area contributed by atoms with Gasteiger partial charge in [0.25, 0.3) is 0 Å². The maximum Gasteiger partial charge on any atom is 0.162 e. The van der Waals surface area contributed by atoms with Crippen molar-refractivity contribution in [2.24, 2.45) is 0 Å². The molecule has 0 aliphatic rings. The first-order chi connectivity index (χ1) is 9.22. The minimum Gasteiger partial charge on any atom is -0.294 e. The highest BCUT2D eigenvalue weighted by Gasteiger charge is 2.04. The number of benzene rings is 1. The molecule has 0 bridgehead atoms. The van der Waals surface area contributed by atoms with E-state index in [-0.39, 0.29) is 5.78 Å². The summed E-state index contributed by atoms with van der Waals surface area (Å²) in [6, 6.07) is 12.0. The molecule has 0 saturated heterocycles. The summed E-state index contributed by atoms with van der Waals surface area (Å²) >= 11 is 0. The van der Waals surface area contributed by atoms with Crippen molar-refractivity contribution >= 4 is 5.78 Å². The van der Waals surface area contributed by atoms with E-state index in [4.69, 9.17) is 0 Å². The Labute approximate surface area is 114 Å². The molecule has 0 fully saturated rings. The van der Waals surface area contributed by atoms with Crippen LogP contribution in [0.5, 0.6) is 0 Å². The standard InChI is InChI=1S/C17H19NO/c1-3-13-8-9-16(18-12-13)11-14-6-5-7-15(10-14)17(19)4-2/h5-10,12H,3-4,11H2,1-2H3. The van der Waals surface area contributed by atoms with Gasteiger partial charge in [0.05, 0.1) is 0 Å². The highest BCUT2D eigenvalue weighted by molar-refractivity contribution is 5.95. The summed E-state index contributed by atoms with van der Waals surface area (Å²) < 4.78 is 0. The van der Waals surface area contributed by atoms with Gasteiger partial charge in [-0.1, -0.05) is 38.1 Å². The normalized spacial score (nSPS) is 10.4. The molecule has 1 heterocycles. The number of nitrogens with zero attached hydrogens (tertiary/aromatic N) is 1. The molecular formula is C17H19NO. The predicted molar refractivity (Wildman–Crippen MR) is 77.5 cm³/mol. The van der Waals surface area contributed by atoms with Gasteiger partial charge in [0, 0.05) is 30.3 Å². The zero-order valence-corrected chi connectivity index (χ0v) is 11.5. The van der Waals surface area contributed by atoms with E-state index in [1.807, 2.05) is 37.4 Å². The molecule has 2 rings (SSSR count). The highest BCUT2D eigenvalue weighted by Crippen LogP contribution is 2.12. The second-order valence-corrected chi connectivity index (χ2v) is 4.67. The smallest absolute Gasteiger partial charge is 0.162 e. The van der Waals surface area contributed by atoms with Gasteiger partial charge in [-0.3, -0.25) is 9.78 Å². The van der Waals surface area contributed by atoms with Gasteiger partial charge in [-0.05, 0) is 29.7 Å². The number of ketones is 1. The maximum absolute atomic E-state index is 11.7. The van der Waals surface area contributed by atoms with Crippen LogP contribution in [0.2, 0.25) is 0 Å². The lowest BCUT2D eigenvalue weighted by Gasteiger charge is -2.04. The third-order valence-corrected chi connectivity index (χ3v) is 3.25. The molecule has 0 spiro atoms. The average molecular weight is 253 g/mol. The Morgan fingerprint density at radius 3 is 2.58 bits per heavy atom. The number of aryl methyl sites for hydroxylation is 1. The minimum atomic E-state index is 0.191. The molecule has 0 amide bonds. The van der Waals surface area contributed by atoms with E-state index in [0.717, 1.165) is 29.7 Å². The van der Waals surface area contributed by atoms with Crippen molar-refractivity contribution in [2.45, 2.75) is 33.1 Å². The first kappa shape index (κ1) is 13.5. The van der Waals surface area contributed by atoms with Gasteiger partial charge < -0.3 is 0 Å². The molecule has 0 unspecified atom stereocenters. The fraction of sp³-hybridized carbons (Fsp3) is 0.294. The summed E-state index contributed by atoms with van der Waals surface area (Å²) in [6.45, 7) is 4.01. The van der Waals surface area contributed by atoms with Crippen LogP contribution in [0.3, 0.4) is 0 Å². The molecule has 0 radical (unpaired) electrons. The predicted octanol–water partition coefficient (Wildman–Crippen LogP) is 3.83. The largest absolute Gasteiger partial charge is 0.294 e. The van der Waals surface area contributed by atoms with Crippen molar-refractivity contribution in [1.82, 2.24) is 4.98 Å². The fourth-order valence-corrected chi connectivity index (χ4v) is 2.04. The quantitative estimate of drug-likeness (QED) is 0.758. The number of carbonyl (C=O) groups excluding carboxylic acids is 1. The molecular weight excluding hydrogens is 234 g/mol. The van der Waals surface area contributed by atoms with Crippen molar-refractivity contribution in [2.75, 3.05) is 0 Å². The third-order valence-electron chi connectivity index (χ3n) is 3.25. The van der Waals surface area contributed by atoms with E-state index < -0.39 is 0 Å². The van der Waals surface area contributed by atoms with Gasteiger partial charge in [-0.15, -0.1) is 0 Å². The Morgan fingerprint density at radius 1 is 1.11 bits per heavy atom. The summed E-state index contributed by atoms with van der Waals surface area (Å²) in [7, 11) is 0. The van der Waals surface area contributed by atoms with E-state index in [1.165, 1.54) is 5.56 Å². The molecule has 2 nitrogen and oxygen atoms in total. The van der Waals surface area contributed by atoms with Gasteiger partial charge in [0.2, 0.25) is 0 Å². The summed E-state index contributed by atoms with van der Waals surface area (Å²) in [5, 5.41) is 0. The molecule has 2 aromatic rings. The number of Topliss-reactive ketones (excluding diaryl/α,β-unsaturated/α-hetero) is 1. The first-order valence-corrected chi connectivity index (χ1v) is 6.79. The SMILES string of the molecule is CCC(=O)c1cccc(Cc2ccc(CC)cn2)c1. The summed E-state index contributed by atoms with van der Waals surface area (Å²) in [5.41, 5.74) is 4.22. The van der Waals surface area contributed by atoms with Crippen molar-refractivity contribution in [3.05, 3.63) is 65.0 Å². The lowest BCUT2D eigenvalue weighted by Crippen LogP contribution is -1.99. The van der Waals surface area contributed by atoms with Crippen LogP contribution in [-0.4, -0.2) is 10.8 Å². The molecule has 2 heteroatoms. The number of hydrogen-bond donors (Lipinski definition) is 0. The Morgan fingerprint density at radius 2 is 1.95 bits per heavy atom. The van der Waals surface area contributed by atoms with Gasteiger partial charge in [-0.2, -0.15) is 0 Å². The molecule has 98 valence electrons. The molecule has 1 aromatic carbocycles. The Kier molecular flexibility index (Phi) is 4.45. The van der Waals surface area contributed by atoms with E-state index in [9.17, 15) is 4.79 Å². The Hall–Kier alpha value is -1.96. The molecule has 0 aliphatic carbocycles. The second kappa shape index (κ2) is 6.28. The van der Waals surface area contributed by atoms with Crippen LogP contribution >= 0.6 is 0 Å². The lowest BCUT2D eigenvalue weighted by molar-refractivity contribution is 0.0988. The van der Waals surface area contributed by atoms with Crippen molar-refractivity contribution in [1.29, 1.82) is 0 Å². The molecule has 1 aromatic heterocycles. The van der Waals surface area contributed by atoms with E-state index in [0.29, 0.717) is 6.42 Å². The third kappa shape index (κ3) is 3.50. The number of aromatic nitrogens is 1. The first-order valence-electron chi connectivity index (χ1n) is 6.79. The van der Waals surface area contributed by atoms with Crippen LogP contribution in [-0.2, 0) is 12.8 Å². The van der Waals surface area contributed by atoms with Crippen LogP contribution in [0.15, 0.2) is 42.6 Å². The van der Waals surface area contributed by atoms with Crippen LogP contribution in [0, 0.1) is 0 Å². The maximum atomic E-state index is 11.7. The van der Waals surface area contributed by atoms with E-state index in [2.05, 4.69) is 24.0 Å². The van der Waals surface area contributed by atoms with Crippen LogP contribution in [0.25, 0.3) is 0 Å². The average Bonchev–Trinajstić information content (AvgIpc) is 2.47. The van der Waals surface area contributed by atoms with Gasteiger partial charge in [0.15, 0.2) is 5.78 Å². The van der Waals surface area contributed by atoms with E-state index in [1.54, 1.807) is 0 Å². The summed E-state index contributed by atoms with van der Waals surface area (Å²) in [4.78, 5) is 16.1. The van der Waals surface area contributed by atoms with Gasteiger partial charge in [0.1, 0.15) is 0 Å². The van der Waals surface area contributed by atoms with Crippen LogP contribution < -0.4 is 0 Å². The molecule has 0 N–H and O–H groups in total. The van der Waals surface area contributed by atoms with Gasteiger partial charge >= 0.3 is 0 Å². The van der Waals surface area contributed by atoms with Crippen molar-refractivity contribution < 1.29 is 4.79 Å². The molecule has 0 saturated carbocycles. The Bertz CT molecular complexity index is 558. The zero-order valence-electron chi connectivity index (χ0n) is 11.5. The van der Waals surface area contributed by atoms with Crippen molar-refractivity contribution in [3.63, 3.8) is 0 Å². The highest BCUT2D eigenvalue weighted by atomic mass is 16.1. The minimum absolute atomic E-state index is 0.191. The fourth-order valence-electron chi connectivity index (χ4n) is 2.04. The van der Waals surface area contributed by atoms with Crippen molar-refractivity contribution in [3.8, 4) is 0 Å². The lowest BCUT2D eigenvalue weighted by atomic mass is 10.0. The van der Waals surface area contributed by atoms with E-state index >= 15 is 0 Å². The zero-order chi connectivity index (χ0) is 13.7. The molecule has 0 atom stereocenters. The number of hydrogen-bond acceptors (Lipinski definition) is 2. The number of pyridine rings is 1. The summed E-state index contributed by atoms with van der Waals surface area (Å²) in [6.07, 6.45) is 4.26. The summed E-state index contributed by atoms with van der Waals surface area (Å²) in [5.74, 6) is 0.191. The molecule has 19 heavy (non-hydrogen) atoms. The Balaban J connectivity index is 2.16. The van der Waals surface area contributed by atoms with Crippen LogP contribution in [0.4, 0.5) is 0 Å². The van der Waals surface area contributed by atoms with Gasteiger partial charge in [-0.25, -0.2) is 0 Å². The number of carbonyl (C=O) groups is 1. The topological polar surface area (TPSA) is 30.0 Å². The monoisotopic (exact) mass is 253 g/mol. The van der Waals surface area contributed by atoms with Crippen LogP contribution in [0.1, 0.15) is 47.4 Å². The molecule has 0 aliphatic heterocycles.